The van der Waals surface area contributed by atoms with Crippen molar-refractivity contribution in [3.8, 4) is 0 Å². The smallest absolute Gasteiger partial charge is 0.165 e. The van der Waals surface area contributed by atoms with E-state index in [1.54, 1.807) is 4.68 Å². The second-order valence-electron chi connectivity index (χ2n) is 3.57. The van der Waals surface area contributed by atoms with Crippen LogP contribution in [0.3, 0.4) is 0 Å². The summed E-state index contributed by atoms with van der Waals surface area (Å²) in [7, 11) is 0. The third-order valence-corrected chi connectivity index (χ3v) is 2.21. The van der Waals surface area contributed by atoms with Crippen LogP contribution in [0.4, 0.5) is 0 Å². The molecule has 1 rings (SSSR count). The third-order valence-electron chi connectivity index (χ3n) is 2.21. The summed E-state index contributed by atoms with van der Waals surface area (Å²) in [4.78, 5) is 2.05. The van der Waals surface area contributed by atoms with E-state index in [1.165, 1.54) is 0 Å². The Morgan fingerprint density at radius 1 is 1.56 bits per heavy atom. The van der Waals surface area contributed by atoms with Gasteiger partial charge in [-0.15, -0.1) is 11.7 Å². The Morgan fingerprint density at radius 2 is 2.38 bits per heavy atom. The van der Waals surface area contributed by atoms with Gasteiger partial charge in [-0.05, 0) is 16.8 Å². The van der Waals surface area contributed by atoms with E-state index in [-0.39, 0.29) is 6.61 Å². The summed E-state index contributed by atoms with van der Waals surface area (Å²) in [6.07, 6.45) is 2.81. The number of nitrogens with zero attached hydrogens (tertiary/aromatic N) is 5. The van der Waals surface area contributed by atoms with Gasteiger partial charge < -0.3 is 5.11 Å². The highest BCUT2D eigenvalue weighted by molar-refractivity contribution is 4.83. The van der Waals surface area contributed by atoms with E-state index in [0.717, 1.165) is 25.3 Å². The summed E-state index contributed by atoms with van der Waals surface area (Å²) in [5, 5.41) is 20.5. The van der Waals surface area contributed by atoms with Crippen molar-refractivity contribution in [1.82, 2.24) is 25.1 Å². The van der Waals surface area contributed by atoms with Crippen molar-refractivity contribution < 1.29 is 5.11 Å². The van der Waals surface area contributed by atoms with Crippen LogP contribution in [0.5, 0.6) is 0 Å². The van der Waals surface area contributed by atoms with Gasteiger partial charge in [0.15, 0.2) is 5.82 Å². The fourth-order valence-electron chi connectivity index (χ4n) is 1.48. The van der Waals surface area contributed by atoms with E-state index in [9.17, 15) is 0 Å². The molecule has 0 radical (unpaired) electrons. The average Bonchev–Trinajstić information content (AvgIpc) is 2.67. The average molecular weight is 225 g/mol. The molecule has 6 nitrogen and oxygen atoms in total. The number of hydrogen-bond donors (Lipinski definition) is 1. The van der Waals surface area contributed by atoms with Crippen LogP contribution in [0.1, 0.15) is 19.2 Å². The number of rotatable bonds is 8. The molecule has 1 N–H and O–H groups in total. The number of hydrogen-bond acceptors (Lipinski definition) is 5. The van der Waals surface area contributed by atoms with E-state index in [2.05, 4.69) is 29.0 Å². The molecule has 1 aromatic rings. The normalized spacial score (nSPS) is 10.9. The predicted octanol–water partition coefficient (Wildman–Crippen LogP) is 0.0634. The van der Waals surface area contributed by atoms with Crippen LogP contribution in [-0.4, -0.2) is 49.9 Å². The molecule has 0 bridgehead atoms. The highest BCUT2D eigenvalue weighted by atomic mass is 16.3. The van der Waals surface area contributed by atoms with Crippen LogP contribution in [0.15, 0.2) is 12.7 Å². The quantitative estimate of drug-likeness (QED) is 0.634. The minimum atomic E-state index is 0.128. The number of tetrazole rings is 1. The number of aromatic nitrogens is 4. The lowest BCUT2D eigenvalue weighted by molar-refractivity contribution is 0.198. The van der Waals surface area contributed by atoms with Gasteiger partial charge in [0.1, 0.15) is 0 Å². The number of aliphatic hydroxyl groups is 1. The Hall–Kier alpha value is -1.27. The lowest BCUT2D eigenvalue weighted by atomic mass is 10.4. The molecule has 0 saturated carbocycles. The molecule has 0 aromatic carbocycles. The van der Waals surface area contributed by atoms with E-state index >= 15 is 0 Å². The Morgan fingerprint density at radius 3 is 3.00 bits per heavy atom. The van der Waals surface area contributed by atoms with Crippen LogP contribution < -0.4 is 0 Å². The molecule has 0 spiro atoms. The Bertz CT molecular complexity index is 312. The standard InChI is InChI=1S/C10H19N5O/c1-3-5-14(7-8-16)9-10-11-12-13-15(10)6-4-2/h3,16H,1,4-9H2,2H3. The van der Waals surface area contributed by atoms with Crippen molar-refractivity contribution in [2.75, 3.05) is 19.7 Å². The van der Waals surface area contributed by atoms with Crippen molar-refractivity contribution in [3.63, 3.8) is 0 Å². The number of aryl methyl sites for hydroxylation is 1. The first-order valence-corrected chi connectivity index (χ1v) is 5.51. The molecule has 1 heterocycles. The summed E-state index contributed by atoms with van der Waals surface area (Å²) in [5.41, 5.74) is 0. The maximum absolute atomic E-state index is 8.93. The topological polar surface area (TPSA) is 67.1 Å². The second-order valence-corrected chi connectivity index (χ2v) is 3.57. The first-order chi connectivity index (χ1) is 7.81. The summed E-state index contributed by atoms with van der Waals surface area (Å²) in [6.45, 7) is 8.69. The lowest BCUT2D eigenvalue weighted by Gasteiger charge is -2.18. The van der Waals surface area contributed by atoms with Crippen LogP contribution in [-0.2, 0) is 13.1 Å². The molecule has 0 amide bonds. The molecule has 90 valence electrons. The van der Waals surface area contributed by atoms with Crippen molar-refractivity contribution in [2.45, 2.75) is 26.4 Å². The Balaban J connectivity index is 2.60. The molecule has 16 heavy (non-hydrogen) atoms. The first-order valence-electron chi connectivity index (χ1n) is 5.51. The molecular weight excluding hydrogens is 206 g/mol. The third kappa shape index (κ3) is 3.71. The van der Waals surface area contributed by atoms with E-state index < -0.39 is 0 Å². The molecular formula is C10H19N5O. The summed E-state index contributed by atoms with van der Waals surface area (Å²) in [6, 6.07) is 0. The van der Waals surface area contributed by atoms with E-state index in [1.807, 2.05) is 11.0 Å². The molecule has 0 aliphatic carbocycles. The number of aliphatic hydroxyl groups excluding tert-OH is 1. The lowest BCUT2D eigenvalue weighted by Crippen LogP contribution is -2.28. The van der Waals surface area contributed by atoms with Gasteiger partial charge in [-0.3, -0.25) is 4.90 Å². The molecule has 0 aliphatic rings. The van der Waals surface area contributed by atoms with Crippen LogP contribution >= 0.6 is 0 Å². The highest BCUT2D eigenvalue weighted by Crippen LogP contribution is 2.00. The van der Waals surface area contributed by atoms with Crippen molar-refractivity contribution in [3.05, 3.63) is 18.5 Å². The van der Waals surface area contributed by atoms with Crippen LogP contribution in [0.2, 0.25) is 0 Å². The second kappa shape index (κ2) is 7.08. The van der Waals surface area contributed by atoms with Gasteiger partial charge >= 0.3 is 0 Å². The molecule has 0 saturated heterocycles. The maximum Gasteiger partial charge on any atom is 0.165 e. The maximum atomic E-state index is 8.93. The highest BCUT2D eigenvalue weighted by Gasteiger charge is 2.10. The van der Waals surface area contributed by atoms with Gasteiger partial charge in [0.05, 0.1) is 13.2 Å². The Labute approximate surface area is 95.6 Å². The molecule has 0 aliphatic heterocycles. The Kier molecular flexibility index (Phi) is 5.66. The van der Waals surface area contributed by atoms with Crippen molar-refractivity contribution in [1.29, 1.82) is 0 Å². The van der Waals surface area contributed by atoms with Gasteiger partial charge in [0.25, 0.3) is 0 Å². The monoisotopic (exact) mass is 225 g/mol. The molecule has 0 fully saturated rings. The molecule has 0 atom stereocenters. The zero-order valence-electron chi connectivity index (χ0n) is 9.71. The minimum Gasteiger partial charge on any atom is -0.395 e. The van der Waals surface area contributed by atoms with Gasteiger partial charge in [0, 0.05) is 19.6 Å². The summed E-state index contributed by atoms with van der Waals surface area (Å²) < 4.78 is 1.80. The van der Waals surface area contributed by atoms with Gasteiger partial charge in [-0.1, -0.05) is 13.0 Å². The fourth-order valence-corrected chi connectivity index (χ4v) is 1.48. The molecule has 1 aromatic heterocycles. The largest absolute Gasteiger partial charge is 0.395 e. The zero-order valence-corrected chi connectivity index (χ0v) is 9.71. The van der Waals surface area contributed by atoms with Crippen molar-refractivity contribution in [2.24, 2.45) is 0 Å². The van der Waals surface area contributed by atoms with Gasteiger partial charge in [-0.2, -0.15) is 0 Å². The zero-order chi connectivity index (χ0) is 11.8. The summed E-state index contributed by atoms with van der Waals surface area (Å²) in [5.74, 6) is 0.831. The van der Waals surface area contributed by atoms with Crippen molar-refractivity contribution >= 4 is 0 Å². The summed E-state index contributed by atoms with van der Waals surface area (Å²) >= 11 is 0. The van der Waals surface area contributed by atoms with Crippen LogP contribution in [0, 0.1) is 0 Å². The molecule has 0 unspecified atom stereocenters. The molecule has 6 heteroatoms. The van der Waals surface area contributed by atoms with Crippen LogP contribution in [0.25, 0.3) is 0 Å². The predicted molar refractivity (Wildman–Crippen MR) is 60.7 cm³/mol. The van der Waals surface area contributed by atoms with Gasteiger partial charge in [-0.25, -0.2) is 4.68 Å². The van der Waals surface area contributed by atoms with E-state index in [0.29, 0.717) is 13.1 Å². The SMILES string of the molecule is C=CCN(CCO)Cc1nnnn1CCC. The van der Waals surface area contributed by atoms with E-state index in [4.69, 9.17) is 5.11 Å². The minimum absolute atomic E-state index is 0.128. The fraction of sp³-hybridized carbons (Fsp3) is 0.700. The first kappa shape index (κ1) is 12.8. The van der Waals surface area contributed by atoms with Gasteiger partial charge in [0.2, 0.25) is 0 Å².